The molecule has 1 saturated heterocycles. The molecule has 2 aliphatic rings. The van der Waals surface area contributed by atoms with Crippen molar-refractivity contribution in [2.45, 2.75) is 65.3 Å². The highest BCUT2D eigenvalue weighted by Crippen LogP contribution is 2.53. The van der Waals surface area contributed by atoms with E-state index in [9.17, 15) is 9.59 Å². The van der Waals surface area contributed by atoms with Crippen molar-refractivity contribution < 1.29 is 33.0 Å². The number of hydrogen-bond acceptors (Lipinski definition) is 6. The molecular weight excluding hydrogens is 508 g/mol. The van der Waals surface area contributed by atoms with Crippen LogP contribution in [0.2, 0.25) is 0 Å². The number of urea groups is 1. The lowest BCUT2D eigenvalue weighted by molar-refractivity contribution is -0.872. The average molecular weight is 554 g/mol. The normalized spacial score (nSPS) is 23.2. The molecule has 0 saturated carbocycles. The number of rotatable bonds is 12. The SMILES string of the molecule is CCCCN(CCCC)C(=O)[N@@+]1(CC)C[C@H](c2ccc3c(c2)OCO3)[C@@H](C(=O)OCC)[C@@H]1c1ccc(OC)cc1. The second kappa shape index (κ2) is 13.4. The van der Waals surface area contributed by atoms with Gasteiger partial charge in [-0.25, -0.2) is 9.28 Å². The number of ether oxygens (including phenoxy) is 4. The van der Waals surface area contributed by atoms with Crippen LogP contribution in [-0.2, 0) is 9.53 Å². The molecule has 8 nitrogen and oxygen atoms in total. The summed E-state index contributed by atoms with van der Waals surface area (Å²) in [5, 5.41) is 0. The van der Waals surface area contributed by atoms with Gasteiger partial charge in [-0.3, -0.25) is 9.69 Å². The lowest BCUT2D eigenvalue weighted by Crippen LogP contribution is -2.59. The fourth-order valence-electron chi connectivity index (χ4n) is 6.33. The smallest absolute Gasteiger partial charge is 0.419 e. The zero-order valence-electron chi connectivity index (χ0n) is 24.7. The lowest BCUT2D eigenvalue weighted by atomic mass is 9.82. The number of nitrogens with zero attached hydrogens (tertiary/aromatic N) is 2. The van der Waals surface area contributed by atoms with Crippen LogP contribution in [0.3, 0.4) is 0 Å². The number of methoxy groups -OCH3 is 1. The molecule has 2 amide bonds. The Bertz CT molecular complexity index is 1140. The maximum absolute atomic E-state index is 14.8. The van der Waals surface area contributed by atoms with E-state index in [1.54, 1.807) is 7.11 Å². The molecular formula is C32H45N2O6+. The van der Waals surface area contributed by atoms with Crippen LogP contribution in [-0.4, -0.2) is 68.1 Å². The molecule has 0 radical (unpaired) electrons. The van der Waals surface area contributed by atoms with Crippen molar-refractivity contribution in [1.82, 2.24) is 4.90 Å². The zero-order valence-corrected chi connectivity index (χ0v) is 24.7. The molecule has 0 N–H and O–H groups in total. The maximum Gasteiger partial charge on any atom is 0.419 e. The topological polar surface area (TPSA) is 74.3 Å². The summed E-state index contributed by atoms with van der Waals surface area (Å²) >= 11 is 0. The van der Waals surface area contributed by atoms with E-state index in [2.05, 4.69) is 20.8 Å². The van der Waals surface area contributed by atoms with Gasteiger partial charge in [-0.2, -0.15) is 0 Å². The Kier molecular flexibility index (Phi) is 9.95. The van der Waals surface area contributed by atoms with Crippen molar-refractivity contribution in [3.63, 3.8) is 0 Å². The molecule has 0 aromatic heterocycles. The van der Waals surface area contributed by atoms with Gasteiger partial charge in [0.1, 0.15) is 17.7 Å². The molecule has 2 aliphatic heterocycles. The number of carbonyl (C=O) groups is 2. The molecule has 2 heterocycles. The van der Waals surface area contributed by atoms with Gasteiger partial charge in [0.05, 0.1) is 32.7 Å². The first-order chi connectivity index (χ1) is 19.4. The number of amides is 2. The summed E-state index contributed by atoms with van der Waals surface area (Å²) in [5.41, 5.74) is 1.89. The molecule has 8 heteroatoms. The molecule has 0 bridgehead atoms. The highest BCUT2D eigenvalue weighted by atomic mass is 16.7. The van der Waals surface area contributed by atoms with Crippen LogP contribution in [0.1, 0.15) is 76.5 Å². The van der Waals surface area contributed by atoms with E-state index in [0.29, 0.717) is 37.7 Å². The van der Waals surface area contributed by atoms with Crippen LogP contribution < -0.4 is 14.2 Å². The summed E-state index contributed by atoms with van der Waals surface area (Å²) in [6.45, 7) is 11.1. The first-order valence-electron chi connectivity index (χ1n) is 14.8. The molecule has 4 atom stereocenters. The largest absolute Gasteiger partial charge is 0.497 e. The number of esters is 1. The average Bonchev–Trinajstić information content (AvgIpc) is 3.60. The van der Waals surface area contributed by atoms with E-state index in [-0.39, 0.29) is 35.8 Å². The van der Waals surface area contributed by atoms with Crippen LogP contribution in [0.4, 0.5) is 4.79 Å². The standard InChI is InChI=1S/C32H45N2O6/c1-6-10-18-33(19-11-7-2)32(36)34(8-3)21-26(24-14-17-27-28(20-24)40-22-39-27)29(31(35)38-9-4)30(34)23-12-15-25(37-5)16-13-23/h12-17,20,26,29-30H,6-11,18-19,21-22H2,1-5H3/q+1/t26-,29-,30+,34+/m1/s1. The summed E-state index contributed by atoms with van der Waals surface area (Å²) in [4.78, 5) is 30.7. The second-order valence-corrected chi connectivity index (χ2v) is 10.7. The van der Waals surface area contributed by atoms with Crippen LogP contribution in [0.15, 0.2) is 42.5 Å². The van der Waals surface area contributed by atoms with E-state index < -0.39 is 12.0 Å². The number of likely N-dealkylation sites (tertiary alicyclic amines) is 1. The minimum absolute atomic E-state index is 0.0859. The van der Waals surface area contributed by atoms with Crippen molar-refractivity contribution in [2.24, 2.45) is 5.92 Å². The molecule has 2 aromatic rings. The second-order valence-electron chi connectivity index (χ2n) is 10.7. The van der Waals surface area contributed by atoms with E-state index in [4.69, 9.17) is 18.9 Å². The van der Waals surface area contributed by atoms with E-state index in [0.717, 1.165) is 42.6 Å². The Labute approximate surface area is 238 Å². The van der Waals surface area contributed by atoms with Gasteiger partial charge in [0.15, 0.2) is 11.5 Å². The molecule has 4 rings (SSSR count). The predicted molar refractivity (Wildman–Crippen MR) is 154 cm³/mol. The summed E-state index contributed by atoms with van der Waals surface area (Å²) in [7, 11) is 1.64. The van der Waals surface area contributed by atoms with Crippen LogP contribution in [0, 0.1) is 5.92 Å². The number of fused-ring (bicyclic) bond motifs is 1. The van der Waals surface area contributed by atoms with Crippen LogP contribution in [0.25, 0.3) is 0 Å². The van der Waals surface area contributed by atoms with Gasteiger partial charge in [-0.05, 0) is 68.7 Å². The highest BCUT2D eigenvalue weighted by molar-refractivity contribution is 5.77. The number of carbonyl (C=O) groups excluding carboxylic acids is 2. The van der Waals surface area contributed by atoms with Gasteiger partial charge in [-0.1, -0.05) is 32.8 Å². The predicted octanol–water partition coefficient (Wildman–Crippen LogP) is 6.30. The first-order valence-corrected chi connectivity index (χ1v) is 14.8. The van der Waals surface area contributed by atoms with Crippen LogP contribution in [0.5, 0.6) is 17.2 Å². The van der Waals surface area contributed by atoms with Crippen molar-refractivity contribution in [1.29, 1.82) is 0 Å². The number of unbranched alkanes of at least 4 members (excludes halogenated alkanes) is 2. The first kappa shape index (κ1) is 29.7. The summed E-state index contributed by atoms with van der Waals surface area (Å²) < 4.78 is 22.6. The van der Waals surface area contributed by atoms with Gasteiger partial charge in [0.25, 0.3) is 0 Å². The van der Waals surface area contributed by atoms with Gasteiger partial charge >= 0.3 is 12.0 Å². The molecule has 40 heavy (non-hydrogen) atoms. The van der Waals surface area contributed by atoms with Gasteiger partial charge in [-0.15, -0.1) is 0 Å². The number of benzene rings is 2. The van der Waals surface area contributed by atoms with Crippen molar-refractivity contribution in [2.75, 3.05) is 46.7 Å². The van der Waals surface area contributed by atoms with Gasteiger partial charge in [0, 0.05) is 18.7 Å². The third-order valence-electron chi connectivity index (χ3n) is 8.45. The molecule has 0 unspecified atom stereocenters. The van der Waals surface area contributed by atoms with E-state index in [1.165, 1.54) is 0 Å². The fourth-order valence-corrected chi connectivity index (χ4v) is 6.33. The van der Waals surface area contributed by atoms with Crippen molar-refractivity contribution >= 4 is 12.0 Å². The fraction of sp³-hybridized carbons (Fsp3) is 0.562. The van der Waals surface area contributed by atoms with Gasteiger partial charge < -0.3 is 18.9 Å². The Morgan fingerprint density at radius 3 is 2.17 bits per heavy atom. The quantitative estimate of drug-likeness (QED) is 0.227. The monoisotopic (exact) mass is 553 g/mol. The lowest BCUT2D eigenvalue weighted by Gasteiger charge is -2.41. The third kappa shape index (κ3) is 5.78. The van der Waals surface area contributed by atoms with Gasteiger partial charge in [0.2, 0.25) is 6.79 Å². The molecule has 2 aromatic carbocycles. The van der Waals surface area contributed by atoms with E-state index >= 15 is 0 Å². The highest BCUT2D eigenvalue weighted by Gasteiger charge is 2.62. The van der Waals surface area contributed by atoms with Crippen molar-refractivity contribution in [3.05, 3.63) is 53.6 Å². The number of hydrogen-bond donors (Lipinski definition) is 0. The maximum atomic E-state index is 14.8. The number of quaternary nitrogens is 1. The Balaban J connectivity index is 1.88. The number of likely N-dealkylation sites (N-methyl/N-ethyl adjacent to an activating group) is 1. The Hall–Kier alpha value is -3.26. The molecule has 1 fully saturated rings. The Morgan fingerprint density at radius 1 is 0.925 bits per heavy atom. The summed E-state index contributed by atoms with van der Waals surface area (Å²) in [6, 6.07) is 13.4. The molecule has 0 spiro atoms. The zero-order chi connectivity index (χ0) is 28.7. The molecule has 0 aliphatic carbocycles. The Morgan fingerprint density at radius 2 is 1.57 bits per heavy atom. The minimum Gasteiger partial charge on any atom is -0.497 e. The van der Waals surface area contributed by atoms with Crippen molar-refractivity contribution in [3.8, 4) is 17.2 Å². The summed E-state index contributed by atoms with van der Waals surface area (Å²) in [5.74, 6) is 1.01. The van der Waals surface area contributed by atoms with Crippen LogP contribution >= 0.6 is 0 Å². The summed E-state index contributed by atoms with van der Waals surface area (Å²) in [6.07, 6.45) is 3.91. The minimum atomic E-state index is -0.559. The third-order valence-corrected chi connectivity index (χ3v) is 8.45. The molecule has 218 valence electrons. The van der Waals surface area contributed by atoms with E-state index in [1.807, 2.05) is 54.3 Å².